The maximum absolute atomic E-state index is 12.2. The standard InChI is InChI=1S/C12H12BrN3O2S/c1-16(6-10-8(13)3-4-19-10)12(17)9-5-11(18-2)15-7-14-9/h3-5,7H,6H2,1-2H3. The largest absolute Gasteiger partial charge is 0.481 e. The number of ether oxygens (including phenoxy) is 1. The van der Waals surface area contributed by atoms with Crippen LogP contribution >= 0.6 is 27.3 Å². The second-order valence-corrected chi connectivity index (χ2v) is 5.65. The van der Waals surface area contributed by atoms with E-state index in [9.17, 15) is 4.79 Å². The molecule has 0 N–H and O–H groups in total. The van der Waals surface area contributed by atoms with Gasteiger partial charge in [-0.25, -0.2) is 9.97 Å². The highest BCUT2D eigenvalue weighted by molar-refractivity contribution is 9.10. The first kappa shape index (κ1) is 14.0. The maximum atomic E-state index is 12.2. The molecule has 0 saturated carbocycles. The second kappa shape index (κ2) is 6.12. The van der Waals surface area contributed by atoms with Crippen molar-refractivity contribution in [1.82, 2.24) is 14.9 Å². The second-order valence-electron chi connectivity index (χ2n) is 3.80. The number of carbonyl (C=O) groups is 1. The first-order valence-electron chi connectivity index (χ1n) is 5.45. The lowest BCUT2D eigenvalue weighted by Gasteiger charge is -2.16. The van der Waals surface area contributed by atoms with Gasteiger partial charge in [-0.1, -0.05) is 0 Å². The lowest BCUT2D eigenvalue weighted by Crippen LogP contribution is -2.26. The van der Waals surface area contributed by atoms with Gasteiger partial charge in [-0.3, -0.25) is 4.79 Å². The topological polar surface area (TPSA) is 55.3 Å². The molecule has 0 aromatic carbocycles. The van der Waals surface area contributed by atoms with Crippen molar-refractivity contribution < 1.29 is 9.53 Å². The lowest BCUT2D eigenvalue weighted by molar-refractivity contribution is 0.0779. The van der Waals surface area contributed by atoms with Gasteiger partial charge in [0.1, 0.15) is 12.0 Å². The number of methoxy groups -OCH3 is 1. The molecule has 0 saturated heterocycles. The van der Waals surface area contributed by atoms with E-state index >= 15 is 0 Å². The molecule has 0 unspecified atom stereocenters. The Morgan fingerprint density at radius 1 is 1.53 bits per heavy atom. The van der Waals surface area contributed by atoms with Crippen molar-refractivity contribution in [3.8, 4) is 5.88 Å². The molecule has 100 valence electrons. The van der Waals surface area contributed by atoms with E-state index in [1.54, 1.807) is 23.3 Å². The molecule has 5 nitrogen and oxygen atoms in total. The van der Waals surface area contributed by atoms with Crippen molar-refractivity contribution in [2.24, 2.45) is 0 Å². The van der Waals surface area contributed by atoms with Crippen LogP contribution in [0.3, 0.4) is 0 Å². The molecule has 0 aliphatic carbocycles. The number of carbonyl (C=O) groups excluding carboxylic acids is 1. The molecule has 0 spiro atoms. The van der Waals surface area contributed by atoms with Crippen LogP contribution in [-0.4, -0.2) is 34.9 Å². The van der Waals surface area contributed by atoms with E-state index in [4.69, 9.17) is 4.74 Å². The number of amides is 1. The Morgan fingerprint density at radius 2 is 2.32 bits per heavy atom. The van der Waals surface area contributed by atoms with E-state index in [0.29, 0.717) is 18.1 Å². The van der Waals surface area contributed by atoms with Crippen molar-refractivity contribution in [3.63, 3.8) is 0 Å². The molecule has 2 aromatic heterocycles. The van der Waals surface area contributed by atoms with Gasteiger partial charge in [-0.15, -0.1) is 11.3 Å². The van der Waals surface area contributed by atoms with Gasteiger partial charge in [0.2, 0.25) is 5.88 Å². The summed E-state index contributed by atoms with van der Waals surface area (Å²) in [7, 11) is 3.24. The molecular weight excluding hydrogens is 330 g/mol. The van der Waals surface area contributed by atoms with E-state index in [1.807, 2.05) is 11.4 Å². The van der Waals surface area contributed by atoms with Gasteiger partial charge in [0.05, 0.1) is 13.7 Å². The van der Waals surface area contributed by atoms with Gasteiger partial charge in [-0.2, -0.15) is 0 Å². The Balaban J connectivity index is 2.12. The third kappa shape index (κ3) is 3.30. The first-order chi connectivity index (χ1) is 9.11. The number of rotatable bonds is 4. The zero-order valence-corrected chi connectivity index (χ0v) is 12.9. The predicted octanol–water partition coefficient (Wildman–Crippen LogP) is 2.58. The normalized spacial score (nSPS) is 10.3. The number of aromatic nitrogens is 2. The fourth-order valence-electron chi connectivity index (χ4n) is 1.49. The van der Waals surface area contributed by atoms with E-state index < -0.39 is 0 Å². The van der Waals surface area contributed by atoms with Crippen LogP contribution in [0.1, 0.15) is 15.4 Å². The number of hydrogen-bond donors (Lipinski definition) is 0. The van der Waals surface area contributed by atoms with Crippen LogP contribution in [-0.2, 0) is 6.54 Å². The van der Waals surface area contributed by atoms with Crippen molar-refractivity contribution in [2.45, 2.75) is 6.54 Å². The summed E-state index contributed by atoms with van der Waals surface area (Å²) in [5.41, 5.74) is 0.321. The molecule has 1 amide bonds. The van der Waals surface area contributed by atoms with E-state index in [-0.39, 0.29) is 5.91 Å². The highest BCUT2D eigenvalue weighted by Crippen LogP contribution is 2.24. The number of thiophene rings is 1. The summed E-state index contributed by atoms with van der Waals surface area (Å²) in [6.45, 7) is 0.531. The maximum Gasteiger partial charge on any atom is 0.272 e. The Kier molecular flexibility index (Phi) is 4.49. The molecule has 0 atom stereocenters. The summed E-state index contributed by atoms with van der Waals surface area (Å²) in [6, 6.07) is 3.49. The average molecular weight is 342 g/mol. The fourth-order valence-corrected chi connectivity index (χ4v) is 3.02. The quantitative estimate of drug-likeness (QED) is 0.857. The van der Waals surface area contributed by atoms with Crippen LogP contribution in [0.15, 0.2) is 28.3 Å². The van der Waals surface area contributed by atoms with E-state index in [1.165, 1.54) is 19.5 Å². The molecule has 0 radical (unpaired) electrons. The Bertz CT molecular complexity index is 588. The molecule has 0 aliphatic rings. The summed E-state index contributed by atoms with van der Waals surface area (Å²) in [4.78, 5) is 22.8. The zero-order valence-electron chi connectivity index (χ0n) is 10.5. The van der Waals surface area contributed by atoms with Gasteiger partial charge in [0.15, 0.2) is 0 Å². The fraction of sp³-hybridized carbons (Fsp3) is 0.250. The third-order valence-electron chi connectivity index (χ3n) is 2.49. The lowest BCUT2D eigenvalue weighted by atomic mass is 10.3. The molecule has 2 aromatic rings. The zero-order chi connectivity index (χ0) is 13.8. The summed E-state index contributed by atoms with van der Waals surface area (Å²) in [5.74, 6) is 0.213. The average Bonchev–Trinajstić information content (AvgIpc) is 2.83. The molecule has 2 rings (SSSR count). The highest BCUT2D eigenvalue weighted by Gasteiger charge is 2.16. The molecule has 7 heteroatoms. The van der Waals surface area contributed by atoms with Crippen molar-refractivity contribution in [2.75, 3.05) is 14.2 Å². The van der Waals surface area contributed by atoms with Crippen LogP contribution in [0.4, 0.5) is 0 Å². The minimum atomic E-state index is -0.166. The molecule has 19 heavy (non-hydrogen) atoms. The van der Waals surface area contributed by atoms with Crippen LogP contribution in [0.25, 0.3) is 0 Å². The first-order valence-corrected chi connectivity index (χ1v) is 7.12. The Hall–Kier alpha value is -1.47. The molecule has 0 aliphatic heterocycles. The SMILES string of the molecule is COc1cc(C(=O)N(C)Cc2sccc2Br)ncn1. The summed E-state index contributed by atoms with van der Waals surface area (Å²) < 4.78 is 5.99. The van der Waals surface area contributed by atoms with Crippen molar-refractivity contribution >= 4 is 33.2 Å². The van der Waals surface area contributed by atoms with Gasteiger partial charge < -0.3 is 9.64 Å². The number of hydrogen-bond acceptors (Lipinski definition) is 5. The Labute approximate surface area is 123 Å². The number of nitrogens with zero attached hydrogens (tertiary/aromatic N) is 3. The summed E-state index contributed by atoms with van der Waals surface area (Å²) in [6.07, 6.45) is 1.32. The highest BCUT2D eigenvalue weighted by atomic mass is 79.9. The number of halogens is 1. The summed E-state index contributed by atoms with van der Waals surface area (Å²) in [5, 5.41) is 1.98. The van der Waals surface area contributed by atoms with E-state index in [0.717, 1.165) is 9.35 Å². The van der Waals surface area contributed by atoms with Crippen LogP contribution < -0.4 is 4.74 Å². The van der Waals surface area contributed by atoms with Crippen LogP contribution in [0.2, 0.25) is 0 Å². The predicted molar refractivity (Wildman–Crippen MR) is 76.4 cm³/mol. The third-order valence-corrected chi connectivity index (χ3v) is 4.40. The molecular formula is C12H12BrN3O2S. The summed E-state index contributed by atoms with van der Waals surface area (Å²) >= 11 is 5.05. The van der Waals surface area contributed by atoms with Gasteiger partial charge in [0.25, 0.3) is 5.91 Å². The minimum absolute atomic E-state index is 0.166. The van der Waals surface area contributed by atoms with E-state index in [2.05, 4.69) is 25.9 Å². The van der Waals surface area contributed by atoms with Gasteiger partial charge in [-0.05, 0) is 27.4 Å². The molecule has 0 bridgehead atoms. The van der Waals surface area contributed by atoms with Gasteiger partial charge in [0, 0.05) is 22.5 Å². The Morgan fingerprint density at radius 3 is 2.95 bits per heavy atom. The monoisotopic (exact) mass is 341 g/mol. The van der Waals surface area contributed by atoms with Crippen molar-refractivity contribution in [3.05, 3.63) is 38.9 Å². The van der Waals surface area contributed by atoms with Gasteiger partial charge >= 0.3 is 0 Å². The van der Waals surface area contributed by atoms with Crippen molar-refractivity contribution in [1.29, 1.82) is 0 Å². The van der Waals surface area contributed by atoms with Crippen LogP contribution in [0, 0.1) is 0 Å². The molecule has 0 fully saturated rings. The molecule has 2 heterocycles. The minimum Gasteiger partial charge on any atom is -0.481 e. The smallest absolute Gasteiger partial charge is 0.272 e. The van der Waals surface area contributed by atoms with Crippen LogP contribution in [0.5, 0.6) is 5.88 Å².